The molecule has 2 rings (SSSR count). The third-order valence-corrected chi connectivity index (χ3v) is 3.93. The first kappa shape index (κ1) is 15.5. The van der Waals surface area contributed by atoms with E-state index in [0.717, 1.165) is 37.8 Å². The number of halogens is 1. The topological polar surface area (TPSA) is 66.4 Å². The molecule has 0 heterocycles. The van der Waals surface area contributed by atoms with Gasteiger partial charge in [0.2, 0.25) is 5.91 Å². The van der Waals surface area contributed by atoms with Gasteiger partial charge in [-0.1, -0.05) is 25.7 Å². The molecule has 1 aromatic carbocycles. The molecule has 21 heavy (non-hydrogen) atoms. The number of hydrogen-bond acceptors (Lipinski definition) is 2. The molecular weight excluding hydrogens is 273 g/mol. The predicted octanol–water partition coefficient (Wildman–Crippen LogP) is 3.82. The summed E-state index contributed by atoms with van der Waals surface area (Å²) in [4.78, 5) is 23.1. The summed E-state index contributed by atoms with van der Waals surface area (Å²) in [6, 6.07) is 3.36. The summed E-state index contributed by atoms with van der Waals surface area (Å²) in [7, 11) is 0. The van der Waals surface area contributed by atoms with Crippen molar-refractivity contribution >= 4 is 17.6 Å². The molecular formula is C16H20FNO3. The van der Waals surface area contributed by atoms with Gasteiger partial charge in [-0.3, -0.25) is 4.79 Å². The molecule has 1 amide bonds. The van der Waals surface area contributed by atoms with Crippen LogP contribution >= 0.6 is 0 Å². The number of benzene rings is 1. The fourth-order valence-corrected chi connectivity index (χ4v) is 2.83. The second kappa shape index (κ2) is 7.20. The van der Waals surface area contributed by atoms with Gasteiger partial charge in [-0.25, -0.2) is 9.18 Å². The van der Waals surface area contributed by atoms with Crippen molar-refractivity contribution in [1.82, 2.24) is 0 Å². The Balaban J connectivity index is 2.00. The summed E-state index contributed by atoms with van der Waals surface area (Å²) in [6.07, 6.45) is 7.23. The third-order valence-electron chi connectivity index (χ3n) is 3.93. The van der Waals surface area contributed by atoms with E-state index in [1.165, 1.54) is 18.9 Å². The highest BCUT2D eigenvalue weighted by Gasteiger charge is 2.18. The predicted molar refractivity (Wildman–Crippen MR) is 77.8 cm³/mol. The molecule has 1 saturated carbocycles. The van der Waals surface area contributed by atoms with Gasteiger partial charge in [0.25, 0.3) is 0 Å². The highest BCUT2D eigenvalue weighted by Crippen LogP contribution is 2.26. The molecule has 114 valence electrons. The van der Waals surface area contributed by atoms with Crippen molar-refractivity contribution in [3.05, 3.63) is 29.6 Å². The highest BCUT2D eigenvalue weighted by molar-refractivity contribution is 6.00. The highest BCUT2D eigenvalue weighted by atomic mass is 19.1. The van der Waals surface area contributed by atoms with Crippen LogP contribution in [0, 0.1) is 11.7 Å². The molecule has 0 bridgehead atoms. The molecule has 1 aliphatic rings. The van der Waals surface area contributed by atoms with Crippen molar-refractivity contribution in [1.29, 1.82) is 0 Å². The molecule has 0 radical (unpaired) electrons. The zero-order chi connectivity index (χ0) is 15.2. The fourth-order valence-electron chi connectivity index (χ4n) is 2.83. The molecule has 4 nitrogen and oxygen atoms in total. The van der Waals surface area contributed by atoms with E-state index in [-0.39, 0.29) is 17.2 Å². The summed E-state index contributed by atoms with van der Waals surface area (Å²) in [5.41, 5.74) is -0.0632. The summed E-state index contributed by atoms with van der Waals surface area (Å²) in [6.45, 7) is 0. The summed E-state index contributed by atoms with van der Waals surface area (Å²) in [5, 5.41) is 11.6. The van der Waals surface area contributed by atoms with E-state index >= 15 is 0 Å². The lowest BCUT2D eigenvalue weighted by atomic mass is 9.96. The normalized spacial score (nSPS) is 16.2. The summed E-state index contributed by atoms with van der Waals surface area (Å²) < 4.78 is 13.1. The average Bonchev–Trinajstić information content (AvgIpc) is 2.69. The molecule has 0 aliphatic heterocycles. The Bertz CT molecular complexity index is 522. The van der Waals surface area contributed by atoms with Crippen LogP contribution in [-0.2, 0) is 4.79 Å². The Labute approximate surface area is 123 Å². The largest absolute Gasteiger partial charge is 0.478 e. The minimum Gasteiger partial charge on any atom is -0.478 e. The lowest BCUT2D eigenvalue weighted by Crippen LogP contribution is -2.18. The van der Waals surface area contributed by atoms with Crippen molar-refractivity contribution in [2.45, 2.75) is 44.9 Å². The number of nitrogens with one attached hydrogen (secondary N) is 1. The smallest absolute Gasteiger partial charge is 0.337 e. The van der Waals surface area contributed by atoms with Crippen LogP contribution in [0.3, 0.4) is 0 Å². The van der Waals surface area contributed by atoms with Crippen LogP contribution in [0.2, 0.25) is 0 Å². The zero-order valence-electron chi connectivity index (χ0n) is 11.9. The SMILES string of the molecule is O=C(CC1CCCCCC1)Nc1ccc(F)cc1C(=O)O. The third kappa shape index (κ3) is 4.55. The van der Waals surface area contributed by atoms with E-state index in [9.17, 15) is 14.0 Å². The van der Waals surface area contributed by atoms with Crippen LogP contribution < -0.4 is 5.32 Å². The first-order valence-electron chi connectivity index (χ1n) is 7.39. The van der Waals surface area contributed by atoms with Gasteiger partial charge in [0.05, 0.1) is 11.3 Å². The Hall–Kier alpha value is -1.91. The van der Waals surface area contributed by atoms with Crippen LogP contribution in [0.4, 0.5) is 10.1 Å². The van der Waals surface area contributed by atoms with E-state index in [2.05, 4.69) is 5.32 Å². The zero-order valence-corrected chi connectivity index (χ0v) is 11.9. The van der Waals surface area contributed by atoms with Crippen LogP contribution in [0.15, 0.2) is 18.2 Å². The van der Waals surface area contributed by atoms with Crippen molar-refractivity contribution in [3.63, 3.8) is 0 Å². The maximum Gasteiger partial charge on any atom is 0.337 e. The number of carbonyl (C=O) groups is 2. The first-order chi connectivity index (χ1) is 10.1. The van der Waals surface area contributed by atoms with Gasteiger partial charge < -0.3 is 10.4 Å². The van der Waals surface area contributed by atoms with Gasteiger partial charge >= 0.3 is 5.97 Å². The quantitative estimate of drug-likeness (QED) is 0.829. The van der Waals surface area contributed by atoms with E-state index in [4.69, 9.17) is 5.11 Å². The molecule has 0 aromatic heterocycles. The Morgan fingerprint density at radius 2 is 1.86 bits per heavy atom. The first-order valence-corrected chi connectivity index (χ1v) is 7.39. The lowest BCUT2D eigenvalue weighted by molar-refractivity contribution is -0.117. The number of rotatable bonds is 4. The monoisotopic (exact) mass is 293 g/mol. The lowest BCUT2D eigenvalue weighted by Gasteiger charge is -2.14. The number of carboxylic acid groups (broad SMARTS) is 1. The van der Waals surface area contributed by atoms with Crippen LogP contribution in [0.5, 0.6) is 0 Å². The van der Waals surface area contributed by atoms with Gasteiger partial charge in [-0.05, 0) is 37.0 Å². The van der Waals surface area contributed by atoms with Crippen molar-refractivity contribution < 1.29 is 19.1 Å². The van der Waals surface area contributed by atoms with E-state index in [1.807, 2.05) is 0 Å². The van der Waals surface area contributed by atoms with E-state index in [0.29, 0.717) is 12.3 Å². The fraction of sp³-hybridized carbons (Fsp3) is 0.500. The average molecular weight is 293 g/mol. The van der Waals surface area contributed by atoms with Crippen molar-refractivity contribution in [3.8, 4) is 0 Å². The van der Waals surface area contributed by atoms with Gasteiger partial charge in [-0.2, -0.15) is 0 Å². The molecule has 1 aromatic rings. The molecule has 0 spiro atoms. The summed E-state index contributed by atoms with van der Waals surface area (Å²) in [5.74, 6) is -1.72. The molecule has 1 aliphatic carbocycles. The Kier molecular flexibility index (Phi) is 5.31. The molecule has 2 N–H and O–H groups in total. The van der Waals surface area contributed by atoms with Crippen LogP contribution in [-0.4, -0.2) is 17.0 Å². The Morgan fingerprint density at radius 3 is 2.48 bits per heavy atom. The standard InChI is InChI=1S/C16H20FNO3/c17-12-7-8-14(13(10-12)16(20)21)18-15(19)9-11-5-3-1-2-4-6-11/h7-8,10-11H,1-6,9H2,(H,18,19)(H,20,21). The number of anilines is 1. The van der Waals surface area contributed by atoms with Gasteiger partial charge in [0.1, 0.15) is 5.82 Å². The maximum atomic E-state index is 13.1. The molecule has 1 fully saturated rings. The van der Waals surface area contributed by atoms with Gasteiger partial charge in [-0.15, -0.1) is 0 Å². The maximum absolute atomic E-state index is 13.1. The molecule has 0 unspecified atom stereocenters. The van der Waals surface area contributed by atoms with E-state index < -0.39 is 11.8 Å². The molecule has 0 atom stereocenters. The minimum absolute atomic E-state index is 0.155. The number of aromatic carboxylic acids is 1. The number of hydrogen-bond donors (Lipinski definition) is 2. The van der Waals surface area contributed by atoms with Crippen molar-refractivity contribution in [2.24, 2.45) is 5.92 Å². The van der Waals surface area contributed by atoms with Crippen LogP contribution in [0.1, 0.15) is 55.3 Å². The van der Waals surface area contributed by atoms with Gasteiger partial charge in [0.15, 0.2) is 0 Å². The van der Waals surface area contributed by atoms with Crippen molar-refractivity contribution in [2.75, 3.05) is 5.32 Å². The molecule has 5 heteroatoms. The second-order valence-electron chi connectivity index (χ2n) is 5.60. The van der Waals surface area contributed by atoms with E-state index in [1.54, 1.807) is 0 Å². The second-order valence-corrected chi connectivity index (χ2v) is 5.60. The summed E-state index contributed by atoms with van der Waals surface area (Å²) >= 11 is 0. The molecule has 0 saturated heterocycles. The number of carboxylic acids is 1. The van der Waals surface area contributed by atoms with Crippen LogP contribution in [0.25, 0.3) is 0 Å². The number of amides is 1. The minimum atomic E-state index is -1.25. The Morgan fingerprint density at radius 1 is 1.19 bits per heavy atom. The number of carbonyl (C=O) groups excluding carboxylic acids is 1. The van der Waals surface area contributed by atoms with Gasteiger partial charge in [0, 0.05) is 6.42 Å².